The van der Waals surface area contributed by atoms with Gasteiger partial charge in [-0.05, 0) is 38.1 Å². The van der Waals surface area contributed by atoms with Crippen molar-refractivity contribution in [2.75, 3.05) is 13.2 Å². The number of carbonyl (C=O) groups excluding carboxylic acids is 1. The van der Waals surface area contributed by atoms with Crippen molar-refractivity contribution in [2.24, 2.45) is 7.05 Å². The summed E-state index contributed by atoms with van der Waals surface area (Å²) in [5.41, 5.74) is -0.972. The average Bonchev–Trinajstić information content (AvgIpc) is 3.10. The van der Waals surface area contributed by atoms with E-state index in [1.807, 2.05) is 12.1 Å². The van der Waals surface area contributed by atoms with E-state index in [9.17, 15) is 19.5 Å². The Hall–Kier alpha value is -2.57. The molecule has 3 aromatic rings. The largest absolute Gasteiger partial charge is 0.491 e. The number of H-pyrrole nitrogens is 1. The average molecular weight is 527 g/mol. The summed E-state index contributed by atoms with van der Waals surface area (Å²) in [6.45, 7) is 3.53. The second kappa shape index (κ2) is 10.4. The fourth-order valence-corrected chi connectivity index (χ4v) is 4.10. The van der Waals surface area contributed by atoms with Gasteiger partial charge in [0.05, 0.1) is 13.2 Å². The first-order valence-corrected chi connectivity index (χ1v) is 11.5. The summed E-state index contributed by atoms with van der Waals surface area (Å²) in [7, 11) is 1.48. The van der Waals surface area contributed by atoms with Crippen LogP contribution in [0.2, 0.25) is 0 Å². The number of aromatic nitrogens is 4. The van der Waals surface area contributed by atoms with Gasteiger partial charge in [-0.15, -0.1) is 0 Å². The van der Waals surface area contributed by atoms with E-state index in [1.54, 1.807) is 26.0 Å². The second-order valence-electron chi connectivity index (χ2n) is 6.93. The topological polar surface area (TPSA) is 128 Å². The molecule has 3 rings (SSSR count). The van der Waals surface area contributed by atoms with Crippen molar-refractivity contribution in [1.82, 2.24) is 19.1 Å². The zero-order valence-electron chi connectivity index (χ0n) is 17.7. The number of aliphatic hydroxyl groups is 1. The highest BCUT2D eigenvalue weighted by Gasteiger charge is 2.24. The molecular formula is C20H23BrN4O6S. The molecule has 0 saturated carbocycles. The predicted molar refractivity (Wildman–Crippen MR) is 123 cm³/mol. The molecule has 172 valence electrons. The molecule has 0 unspecified atom stereocenters. The Morgan fingerprint density at radius 1 is 1.31 bits per heavy atom. The first-order chi connectivity index (χ1) is 15.2. The lowest BCUT2D eigenvalue weighted by Crippen LogP contribution is -2.31. The number of halogens is 1. The Labute approximate surface area is 195 Å². The number of rotatable bonds is 9. The Morgan fingerprint density at radius 3 is 2.66 bits per heavy atom. The van der Waals surface area contributed by atoms with Gasteiger partial charge in [-0.1, -0.05) is 27.7 Å². The molecule has 0 fully saturated rings. The molecule has 2 heterocycles. The molecule has 0 saturated heterocycles. The molecule has 2 N–H and O–H groups in total. The van der Waals surface area contributed by atoms with Crippen LogP contribution in [-0.4, -0.2) is 54.7 Å². The van der Waals surface area contributed by atoms with Gasteiger partial charge in [0.1, 0.15) is 23.7 Å². The zero-order valence-corrected chi connectivity index (χ0v) is 20.1. The number of ether oxygens (including phenoxy) is 2. The lowest BCUT2D eigenvalue weighted by Gasteiger charge is -2.16. The van der Waals surface area contributed by atoms with Gasteiger partial charge in [-0.25, -0.2) is 9.78 Å². The summed E-state index contributed by atoms with van der Waals surface area (Å²) in [6.07, 6.45) is -0.995. The molecule has 2 atom stereocenters. The number of esters is 1. The molecule has 12 heteroatoms. The molecule has 0 bridgehead atoms. The normalized spacial score (nSPS) is 13.2. The van der Waals surface area contributed by atoms with Crippen molar-refractivity contribution in [1.29, 1.82) is 0 Å². The number of aliphatic hydroxyl groups excluding tert-OH is 1. The molecular weight excluding hydrogens is 504 g/mol. The van der Waals surface area contributed by atoms with Crippen molar-refractivity contribution in [3.8, 4) is 5.75 Å². The first kappa shape index (κ1) is 24.1. The number of nitrogens with zero attached hydrogens (tertiary/aromatic N) is 3. The second-order valence-corrected chi connectivity index (χ2v) is 9.15. The van der Waals surface area contributed by atoms with E-state index in [0.717, 1.165) is 16.2 Å². The van der Waals surface area contributed by atoms with Crippen molar-refractivity contribution in [3.05, 3.63) is 49.6 Å². The number of carbonyl (C=O) groups is 1. The van der Waals surface area contributed by atoms with Gasteiger partial charge in [0, 0.05) is 11.5 Å². The lowest BCUT2D eigenvalue weighted by molar-refractivity contribution is -0.142. The molecule has 0 spiro atoms. The molecule has 2 aromatic heterocycles. The van der Waals surface area contributed by atoms with Gasteiger partial charge in [-0.2, -0.15) is 0 Å². The minimum atomic E-state index is -0.995. The smallest absolute Gasteiger partial charge is 0.329 e. The van der Waals surface area contributed by atoms with E-state index >= 15 is 0 Å². The Balaban J connectivity index is 1.91. The maximum Gasteiger partial charge on any atom is 0.329 e. The third-order valence-corrected chi connectivity index (χ3v) is 6.12. The summed E-state index contributed by atoms with van der Waals surface area (Å²) in [5, 5.41) is 10.3. The van der Waals surface area contributed by atoms with E-state index in [1.165, 1.54) is 16.2 Å². The number of nitrogens with one attached hydrogen (secondary N) is 1. The molecule has 0 amide bonds. The number of benzene rings is 1. The highest BCUT2D eigenvalue weighted by atomic mass is 79.9. The van der Waals surface area contributed by atoms with Gasteiger partial charge >= 0.3 is 11.7 Å². The lowest BCUT2D eigenvalue weighted by atomic mass is 10.3. The minimum absolute atomic E-state index is 0.0355. The van der Waals surface area contributed by atoms with Gasteiger partial charge in [0.25, 0.3) is 5.56 Å². The third-order valence-electron chi connectivity index (χ3n) is 4.52. The van der Waals surface area contributed by atoms with Crippen molar-refractivity contribution >= 4 is 44.8 Å². The number of aromatic amines is 1. The molecule has 10 nitrogen and oxygen atoms in total. The van der Waals surface area contributed by atoms with E-state index in [2.05, 4.69) is 25.9 Å². The maximum absolute atomic E-state index is 12.6. The van der Waals surface area contributed by atoms with Crippen LogP contribution in [0.1, 0.15) is 13.8 Å². The summed E-state index contributed by atoms with van der Waals surface area (Å²) in [6, 6.07) is 7.14. The fourth-order valence-electron chi connectivity index (χ4n) is 2.93. The van der Waals surface area contributed by atoms with Gasteiger partial charge in [-0.3, -0.25) is 19.1 Å². The zero-order chi connectivity index (χ0) is 23.4. The van der Waals surface area contributed by atoms with Gasteiger partial charge in [0.2, 0.25) is 0 Å². The summed E-state index contributed by atoms with van der Waals surface area (Å²) >= 11 is 4.42. The molecule has 32 heavy (non-hydrogen) atoms. The van der Waals surface area contributed by atoms with Crippen LogP contribution in [0.5, 0.6) is 5.75 Å². The minimum Gasteiger partial charge on any atom is -0.491 e. The summed E-state index contributed by atoms with van der Waals surface area (Å²) in [5.74, 6) is 0.145. The van der Waals surface area contributed by atoms with Gasteiger partial charge < -0.3 is 19.1 Å². The van der Waals surface area contributed by atoms with Crippen LogP contribution < -0.4 is 16.0 Å². The number of hydrogen-bond acceptors (Lipinski definition) is 8. The van der Waals surface area contributed by atoms with E-state index in [-0.39, 0.29) is 30.9 Å². The van der Waals surface area contributed by atoms with Crippen LogP contribution in [0.25, 0.3) is 11.2 Å². The Bertz CT molecular complexity index is 1220. The highest BCUT2D eigenvalue weighted by Crippen LogP contribution is 2.26. The monoisotopic (exact) mass is 526 g/mol. The molecule has 0 aliphatic heterocycles. The highest BCUT2D eigenvalue weighted by molar-refractivity contribution is 9.10. The van der Waals surface area contributed by atoms with E-state index in [0.29, 0.717) is 10.9 Å². The van der Waals surface area contributed by atoms with E-state index < -0.39 is 28.6 Å². The number of imidazole rings is 1. The summed E-state index contributed by atoms with van der Waals surface area (Å²) < 4.78 is 14.3. The predicted octanol–water partition coefficient (Wildman–Crippen LogP) is 1.67. The van der Waals surface area contributed by atoms with Crippen LogP contribution >= 0.6 is 27.7 Å². The number of aryl methyl sites for hydroxylation is 1. The first-order valence-electron chi connectivity index (χ1n) is 9.80. The van der Waals surface area contributed by atoms with Gasteiger partial charge in [0.15, 0.2) is 16.3 Å². The molecule has 0 aliphatic rings. The molecule has 0 radical (unpaired) electrons. The van der Waals surface area contributed by atoms with Crippen LogP contribution in [0, 0.1) is 0 Å². The quantitative estimate of drug-likeness (QED) is 0.318. The van der Waals surface area contributed by atoms with Crippen molar-refractivity contribution < 1.29 is 19.4 Å². The van der Waals surface area contributed by atoms with Crippen LogP contribution in [0.15, 0.2) is 43.5 Å². The third kappa shape index (κ3) is 5.43. The molecule has 0 aliphatic carbocycles. The standard InChI is InChI=1S/C20H23BrN4O6S/c1-4-30-18(28)11(2)32-20-22-16-15(17(27)23-19(29)24(16)3)25(20)9-13(26)10-31-14-7-5-12(21)6-8-14/h5-8,11,13,26H,4,9-10H2,1-3H3,(H,23,27,29)/t11-,13+/m0/s1. The van der Waals surface area contributed by atoms with Crippen molar-refractivity contribution in [3.63, 3.8) is 0 Å². The SMILES string of the molecule is CCOC(=O)[C@H](C)Sc1nc2c(c(=O)[nH]c(=O)n2C)n1C[C@@H](O)COc1ccc(Br)cc1. The fraction of sp³-hybridized carbons (Fsp3) is 0.400. The Morgan fingerprint density at radius 2 is 2.00 bits per heavy atom. The van der Waals surface area contributed by atoms with Crippen LogP contribution in [0.4, 0.5) is 0 Å². The van der Waals surface area contributed by atoms with Crippen LogP contribution in [-0.2, 0) is 23.1 Å². The number of thioether (sulfide) groups is 1. The van der Waals surface area contributed by atoms with Crippen molar-refractivity contribution in [2.45, 2.75) is 36.9 Å². The number of fused-ring (bicyclic) bond motifs is 1. The van der Waals surface area contributed by atoms with Crippen LogP contribution in [0.3, 0.4) is 0 Å². The number of hydrogen-bond donors (Lipinski definition) is 2. The van der Waals surface area contributed by atoms with E-state index in [4.69, 9.17) is 9.47 Å². The molecule has 1 aromatic carbocycles. The summed E-state index contributed by atoms with van der Waals surface area (Å²) in [4.78, 5) is 43.3. The Kier molecular flexibility index (Phi) is 7.80. The maximum atomic E-state index is 12.6.